The molecule has 0 aliphatic carbocycles. The smallest absolute Gasteiger partial charge is 0.251 e. The first-order valence-corrected chi connectivity index (χ1v) is 9.50. The van der Waals surface area contributed by atoms with Crippen molar-refractivity contribution in [2.24, 2.45) is 0 Å². The maximum Gasteiger partial charge on any atom is 0.251 e. The minimum atomic E-state index is 0.0335. The molecule has 0 aliphatic rings. The first-order chi connectivity index (χ1) is 13.6. The van der Waals surface area contributed by atoms with Crippen LogP contribution in [0.15, 0.2) is 78.0 Å². The molecule has 0 amide bonds. The highest BCUT2D eigenvalue weighted by Crippen LogP contribution is 2.24. The maximum absolute atomic E-state index is 12.5. The van der Waals surface area contributed by atoms with E-state index in [1.165, 1.54) is 0 Å². The highest BCUT2D eigenvalue weighted by atomic mass is 16.1. The zero-order valence-corrected chi connectivity index (χ0v) is 16.2. The number of hydrogen-bond donors (Lipinski definition) is 0. The van der Waals surface area contributed by atoms with Crippen LogP contribution in [0, 0.1) is 0 Å². The summed E-state index contributed by atoms with van der Waals surface area (Å²) in [6, 6.07) is 20.0. The highest BCUT2D eigenvalue weighted by Gasteiger charge is 2.08. The second-order valence-corrected chi connectivity index (χ2v) is 7.26. The molecule has 0 atom stereocenters. The highest BCUT2D eigenvalue weighted by molar-refractivity contribution is 5.83. The van der Waals surface area contributed by atoms with Gasteiger partial charge < -0.3 is 9.47 Å². The third-order valence-corrected chi connectivity index (χ3v) is 4.92. The summed E-state index contributed by atoms with van der Waals surface area (Å²) in [5.74, 6) is 0. The zero-order chi connectivity index (χ0) is 19.5. The first kappa shape index (κ1) is 18.2. The van der Waals surface area contributed by atoms with Crippen LogP contribution in [0.25, 0.3) is 27.8 Å². The first-order valence-electron chi connectivity index (χ1n) is 9.50. The number of benzene rings is 2. The average Bonchev–Trinajstić information content (AvgIpc) is 3.13. The van der Waals surface area contributed by atoms with Gasteiger partial charge in [-0.1, -0.05) is 24.3 Å². The van der Waals surface area contributed by atoms with E-state index in [9.17, 15) is 4.79 Å². The topological polar surface area (TPSA) is 43.1 Å². The van der Waals surface area contributed by atoms with E-state index < -0.39 is 0 Å². The minimum absolute atomic E-state index is 0.0335. The van der Waals surface area contributed by atoms with Crippen LogP contribution in [0.5, 0.6) is 0 Å². The summed E-state index contributed by atoms with van der Waals surface area (Å²) in [6.07, 6.45) is 4.68. The molecule has 0 saturated carbocycles. The number of rotatable bonds is 6. The van der Waals surface area contributed by atoms with Gasteiger partial charge in [-0.15, -0.1) is 0 Å². The van der Waals surface area contributed by atoms with Crippen molar-refractivity contribution < 1.29 is 0 Å². The fourth-order valence-corrected chi connectivity index (χ4v) is 3.42. The van der Waals surface area contributed by atoms with Crippen molar-refractivity contribution in [3.63, 3.8) is 0 Å². The van der Waals surface area contributed by atoms with Crippen molar-refractivity contribution in [3.8, 4) is 16.8 Å². The van der Waals surface area contributed by atoms with E-state index >= 15 is 0 Å². The summed E-state index contributed by atoms with van der Waals surface area (Å²) in [5.41, 5.74) is 5.00. The molecule has 5 heteroatoms. The monoisotopic (exact) mass is 372 g/mol. The van der Waals surface area contributed by atoms with Gasteiger partial charge in [-0.3, -0.25) is 9.36 Å². The Labute approximate surface area is 164 Å². The van der Waals surface area contributed by atoms with E-state index in [4.69, 9.17) is 0 Å². The Morgan fingerprint density at radius 2 is 1.75 bits per heavy atom. The van der Waals surface area contributed by atoms with Gasteiger partial charge in [-0.2, -0.15) is 0 Å². The van der Waals surface area contributed by atoms with E-state index in [1.54, 1.807) is 10.6 Å². The van der Waals surface area contributed by atoms with Crippen LogP contribution in [0.3, 0.4) is 0 Å². The Morgan fingerprint density at radius 3 is 2.50 bits per heavy atom. The van der Waals surface area contributed by atoms with Crippen LogP contribution in [0.1, 0.15) is 6.42 Å². The second-order valence-electron chi connectivity index (χ2n) is 7.26. The molecular formula is C23H24N4O. The Kier molecular flexibility index (Phi) is 5.08. The van der Waals surface area contributed by atoms with E-state index in [0.717, 1.165) is 47.4 Å². The van der Waals surface area contributed by atoms with Gasteiger partial charge in [0, 0.05) is 24.5 Å². The van der Waals surface area contributed by atoms with E-state index in [-0.39, 0.29) is 5.56 Å². The largest absolute Gasteiger partial charge is 0.315 e. The van der Waals surface area contributed by atoms with Crippen molar-refractivity contribution >= 4 is 11.0 Å². The molecule has 0 fully saturated rings. The van der Waals surface area contributed by atoms with Gasteiger partial charge in [0.2, 0.25) is 0 Å². The standard InChI is InChI=1S/C23H24N4O/c1-25(2)12-6-13-26-14-11-19(16-23(26)28)18-9-10-22-21(15-18)24-17-27(22)20-7-4-3-5-8-20/h3-5,7-11,14-17H,6,12-13H2,1-2H3. The molecule has 0 bridgehead atoms. The molecule has 142 valence electrons. The number of fused-ring (bicyclic) bond motifs is 1. The quantitative estimate of drug-likeness (QED) is 0.517. The van der Waals surface area contributed by atoms with Crippen LogP contribution in [-0.4, -0.2) is 39.7 Å². The molecule has 0 saturated heterocycles. The molecule has 0 spiro atoms. The van der Waals surface area contributed by atoms with E-state index in [2.05, 4.69) is 38.7 Å². The fourth-order valence-electron chi connectivity index (χ4n) is 3.42. The molecule has 4 rings (SSSR count). The van der Waals surface area contributed by atoms with Crippen LogP contribution >= 0.6 is 0 Å². The second kappa shape index (κ2) is 7.82. The molecule has 2 aromatic heterocycles. The molecule has 2 aromatic carbocycles. The van der Waals surface area contributed by atoms with Gasteiger partial charge in [0.05, 0.1) is 11.0 Å². The summed E-state index contributed by atoms with van der Waals surface area (Å²) in [5, 5.41) is 0. The number of aryl methyl sites for hydroxylation is 1. The van der Waals surface area contributed by atoms with Crippen LogP contribution in [0.4, 0.5) is 0 Å². The van der Waals surface area contributed by atoms with Gasteiger partial charge in [-0.25, -0.2) is 4.98 Å². The molecule has 0 N–H and O–H groups in total. The lowest BCUT2D eigenvalue weighted by molar-refractivity contribution is 0.385. The third kappa shape index (κ3) is 3.75. The number of nitrogens with zero attached hydrogens (tertiary/aromatic N) is 4. The lowest BCUT2D eigenvalue weighted by atomic mass is 10.1. The van der Waals surface area contributed by atoms with Crippen LogP contribution in [0.2, 0.25) is 0 Å². The van der Waals surface area contributed by atoms with Crippen molar-refractivity contribution in [2.75, 3.05) is 20.6 Å². The van der Waals surface area contributed by atoms with Crippen LogP contribution in [-0.2, 0) is 6.54 Å². The molecule has 4 aromatic rings. The summed E-state index contributed by atoms with van der Waals surface area (Å²) in [6.45, 7) is 1.70. The van der Waals surface area contributed by atoms with Crippen molar-refractivity contribution in [1.82, 2.24) is 19.0 Å². The van der Waals surface area contributed by atoms with Gasteiger partial charge in [-0.05, 0) is 68.5 Å². The fraction of sp³-hybridized carbons (Fsp3) is 0.217. The predicted octanol–water partition coefficient (Wildman–Crippen LogP) is 3.81. The summed E-state index contributed by atoms with van der Waals surface area (Å²) in [4.78, 5) is 19.2. The normalized spacial score (nSPS) is 11.4. The molecule has 0 unspecified atom stereocenters. The lowest BCUT2D eigenvalue weighted by Crippen LogP contribution is -2.21. The molecule has 5 nitrogen and oxygen atoms in total. The summed E-state index contributed by atoms with van der Waals surface area (Å²) < 4.78 is 3.84. The number of aromatic nitrogens is 3. The van der Waals surface area contributed by atoms with E-state index in [0.29, 0.717) is 0 Å². The summed E-state index contributed by atoms with van der Waals surface area (Å²) >= 11 is 0. The molecule has 28 heavy (non-hydrogen) atoms. The van der Waals surface area contributed by atoms with Crippen molar-refractivity contribution in [3.05, 3.63) is 83.5 Å². The van der Waals surface area contributed by atoms with Gasteiger partial charge in [0.1, 0.15) is 6.33 Å². The number of imidazole rings is 1. The Morgan fingerprint density at radius 1 is 0.964 bits per heavy atom. The molecule has 0 radical (unpaired) electrons. The van der Waals surface area contributed by atoms with Crippen molar-refractivity contribution in [1.29, 1.82) is 0 Å². The average molecular weight is 372 g/mol. The third-order valence-electron chi connectivity index (χ3n) is 4.92. The van der Waals surface area contributed by atoms with Crippen LogP contribution < -0.4 is 5.56 Å². The predicted molar refractivity (Wildman–Crippen MR) is 114 cm³/mol. The van der Waals surface area contributed by atoms with E-state index in [1.807, 2.05) is 57.0 Å². The van der Waals surface area contributed by atoms with Gasteiger partial charge >= 0.3 is 0 Å². The Balaban J connectivity index is 1.61. The zero-order valence-electron chi connectivity index (χ0n) is 16.2. The van der Waals surface area contributed by atoms with Gasteiger partial charge in [0.15, 0.2) is 0 Å². The minimum Gasteiger partial charge on any atom is -0.315 e. The number of pyridine rings is 1. The molecule has 0 aliphatic heterocycles. The molecule has 2 heterocycles. The Hall–Kier alpha value is -3.18. The summed E-state index contributed by atoms with van der Waals surface area (Å²) in [7, 11) is 4.09. The number of hydrogen-bond acceptors (Lipinski definition) is 3. The SMILES string of the molecule is CN(C)CCCn1ccc(-c2ccc3c(c2)ncn3-c2ccccc2)cc1=O. The van der Waals surface area contributed by atoms with Gasteiger partial charge in [0.25, 0.3) is 5.56 Å². The lowest BCUT2D eigenvalue weighted by Gasteiger charge is -2.11. The maximum atomic E-state index is 12.5. The number of para-hydroxylation sites is 1. The van der Waals surface area contributed by atoms with Crippen molar-refractivity contribution in [2.45, 2.75) is 13.0 Å². The Bertz CT molecular complexity index is 1140. The molecular weight excluding hydrogens is 348 g/mol.